The summed E-state index contributed by atoms with van der Waals surface area (Å²) in [5.41, 5.74) is 6.83. The van der Waals surface area contributed by atoms with Crippen LogP contribution < -0.4 is 11.3 Å². The average molecular weight is 298 g/mol. The van der Waals surface area contributed by atoms with Gasteiger partial charge in [0.1, 0.15) is 0 Å². The average Bonchev–Trinajstić information content (AvgIpc) is 2.81. The zero-order valence-corrected chi connectivity index (χ0v) is 11.0. The zero-order chi connectivity index (χ0) is 11.4. The predicted molar refractivity (Wildman–Crippen MR) is 70.0 cm³/mol. The second-order valence-electron chi connectivity index (χ2n) is 3.43. The van der Waals surface area contributed by atoms with Gasteiger partial charge in [-0.05, 0) is 18.1 Å². The molecule has 0 aliphatic rings. The van der Waals surface area contributed by atoms with Crippen LogP contribution in [0.2, 0.25) is 0 Å². The van der Waals surface area contributed by atoms with E-state index >= 15 is 0 Å². The van der Waals surface area contributed by atoms with Crippen molar-refractivity contribution in [1.29, 1.82) is 0 Å². The lowest BCUT2D eigenvalue weighted by Gasteiger charge is -2.14. The summed E-state index contributed by atoms with van der Waals surface area (Å²) in [6, 6.07) is 8.20. The molecule has 0 bridgehead atoms. The van der Waals surface area contributed by atoms with Gasteiger partial charge in [-0.3, -0.25) is 11.3 Å². The van der Waals surface area contributed by atoms with Crippen LogP contribution in [0.4, 0.5) is 0 Å². The molecule has 2 aromatic rings. The first-order valence-corrected chi connectivity index (χ1v) is 6.62. The third-order valence-electron chi connectivity index (χ3n) is 2.39. The van der Waals surface area contributed by atoms with Gasteiger partial charge in [0.05, 0.1) is 17.2 Å². The van der Waals surface area contributed by atoms with Crippen LogP contribution in [-0.4, -0.2) is 4.98 Å². The van der Waals surface area contributed by atoms with Crippen molar-refractivity contribution in [3.8, 4) is 0 Å². The van der Waals surface area contributed by atoms with Crippen molar-refractivity contribution in [2.45, 2.75) is 12.5 Å². The minimum absolute atomic E-state index is 0.0601. The van der Waals surface area contributed by atoms with Crippen LogP contribution in [0, 0.1) is 0 Å². The van der Waals surface area contributed by atoms with Gasteiger partial charge in [0.15, 0.2) is 0 Å². The molecule has 0 amide bonds. The van der Waals surface area contributed by atoms with Gasteiger partial charge in [0, 0.05) is 9.85 Å². The molecule has 2 rings (SSSR count). The number of nitrogens with two attached hydrogens (primary N) is 1. The number of halogens is 1. The first kappa shape index (κ1) is 11.7. The molecule has 0 aliphatic carbocycles. The first-order chi connectivity index (χ1) is 7.81. The molecule has 84 valence electrons. The van der Waals surface area contributed by atoms with Crippen molar-refractivity contribution in [1.82, 2.24) is 10.4 Å². The van der Waals surface area contributed by atoms with E-state index in [1.807, 2.05) is 29.1 Å². The molecule has 0 spiro atoms. The third-order valence-corrected chi connectivity index (χ3v) is 3.77. The minimum atomic E-state index is 0.0601. The number of nitrogens with zero attached hydrogens (tertiary/aromatic N) is 1. The third kappa shape index (κ3) is 2.68. The standard InChI is InChI=1S/C11H12BrN3S/c12-9-4-2-1-3-8(9)5-10(15-13)11-6-16-7-14-11/h1-4,6-7,10,15H,5,13H2. The molecule has 0 saturated heterocycles. The summed E-state index contributed by atoms with van der Waals surface area (Å²) in [4.78, 5) is 4.27. The Morgan fingerprint density at radius 3 is 2.88 bits per heavy atom. The van der Waals surface area contributed by atoms with Crippen LogP contribution in [0.3, 0.4) is 0 Å². The van der Waals surface area contributed by atoms with E-state index in [4.69, 9.17) is 5.84 Å². The molecule has 1 aromatic carbocycles. The van der Waals surface area contributed by atoms with Gasteiger partial charge in [-0.15, -0.1) is 11.3 Å². The van der Waals surface area contributed by atoms with Gasteiger partial charge in [-0.1, -0.05) is 34.1 Å². The Hall–Kier alpha value is -0.750. The lowest BCUT2D eigenvalue weighted by molar-refractivity contribution is 0.540. The molecular formula is C11H12BrN3S. The Morgan fingerprint density at radius 2 is 2.25 bits per heavy atom. The quantitative estimate of drug-likeness (QED) is 0.674. The summed E-state index contributed by atoms with van der Waals surface area (Å²) in [6.45, 7) is 0. The molecule has 0 saturated carbocycles. The molecule has 0 fully saturated rings. The summed E-state index contributed by atoms with van der Waals surface area (Å²) in [6.07, 6.45) is 0.821. The van der Waals surface area contributed by atoms with E-state index in [0.29, 0.717) is 0 Å². The number of thiazole rings is 1. The van der Waals surface area contributed by atoms with Crippen LogP contribution in [0.15, 0.2) is 39.6 Å². The first-order valence-electron chi connectivity index (χ1n) is 4.89. The van der Waals surface area contributed by atoms with Crippen molar-refractivity contribution in [3.63, 3.8) is 0 Å². The highest BCUT2D eigenvalue weighted by Gasteiger charge is 2.13. The Labute approximate surface area is 107 Å². The molecule has 3 N–H and O–H groups in total. The molecule has 1 aromatic heterocycles. The number of nitrogens with one attached hydrogen (secondary N) is 1. The van der Waals surface area contributed by atoms with Crippen LogP contribution in [0.25, 0.3) is 0 Å². The smallest absolute Gasteiger partial charge is 0.0795 e. The van der Waals surface area contributed by atoms with Gasteiger partial charge >= 0.3 is 0 Å². The van der Waals surface area contributed by atoms with E-state index in [2.05, 4.69) is 32.4 Å². The number of aromatic nitrogens is 1. The molecule has 1 heterocycles. The fraction of sp³-hybridized carbons (Fsp3) is 0.182. The Bertz CT molecular complexity index is 444. The number of rotatable bonds is 4. The van der Waals surface area contributed by atoms with Crippen LogP contribution in [0.5, 0.6) is 0 Å². The summed E-state index contributed by atoms with van der Waals surface area (Å²) >= 11 is 5.11. The topological polar surface area (TPSA) is 50.9 Å². The van der Waals surface area contributed by atoms with Gasteiger partial charge in [0.25, 0.3) is 0 Å². The Kier molecular flexibility index (Phi) is 4.06. The maximum absolute atomic E-state index is 5.56. The number of hydrogen-bond acceptors (Lipinski definition) is 4. The lowest BCUT2D eigenvalue weighted by atomic mass is 10.0. The van der Waals surface area contributed by atoms with E-state index in [1.165, 1.54) is 5.56 Å². The molecule has 0 radical (unpaired) electrons. The minimum Gasteiger partial charge on any atom is -0.271 e. The summed E-state index contributed by atoms with van der Waals surface area (Å²) in [5, 5.41) is 2.02. The number of benzene rings is 1. The van der Waals surface area contributed by atoms with Crippen molar-refractivity contribution < 1.29 is 0 Å². The second kappa shape index (κ2) is 5.54. The monoisotopic (exact) mass is 297 g/mol. The number of hydrogen-bond donors (Lipinski definition) is 2. The molecule has 0 aliphatic heterocycles. The molecule has 3 nitrogen and oxygen atoms in total. The largest absolute Gasteiger partial charge is 0.271 e. The van der Waals surface area contributed by atoms with E-state index in [-0.39, 0.29) is 6.04 Å². The summed E-state index contributed by atoms with van der Waals surface area (Å²) in [5.74, 6) is 5.56. The van der Waals surface area contributed by atoms with Crippen LogP contribution >= 0.6 is 27.3 Å². The van der Waals surface area contributed by atoms with Gasteiger partial charge in [0.2, 0.25) is 0 Å². The highest BCUT2D eigenvalue weighted by Crippen LogP contribution is 2.23. The van der Waals surface area contributed by atoms with Crippen LogP contribution in [0.1, 0.15) is 17.3 Å². The molecular weight excluding hydrogens is 286 g/mol. The van der Waals surface area contributed by atoms with Crippen LogP contribution in [-0.2, 0) is 6.42 Å². The van der Waals surface area contributed by atoms with E-state index < -0.39 is 0 Å². The van der Waals surface area contributed by atoms with Crippen molar-refractivity contribution in [2.75, 3.05) is 0 Å². The van der Waals surface area contributed by atoms with Crippen molar-refractivity contribution in [3.05, 3.63) is 50.9 Å². The van der Waals surface area contributed by atoms with E-state index in [9.17, 15) is 0 Å². The van der Waals surface area contributed by atoms with Gasteiger partial charge in [-0.2, -0.15) is 0 Å². The zero-order valence-electron chi connectivity index (χ0n) is 8.56. The molecule has 1 atom stereocenters. The highest BCUT2D eigenvalue weighted by atomic mass is 79.9. The molecule has 1 unspecified atom stereocenters. The predicted octanol–water partition coefficient (Wildman–Crippen LogP) is 2.65. The van der Waals surface area contributed by atoms with E-state index in [0.717, 1.165) is 16.6 Å². The maximum atomic E-state index is 5.56. The summed E-state index contributed by atoms with van der Waals surface area (Å²) < 4.78 is 1.10. The van der Waals surface area contributed by atoms with Crippen molar-refractivity contribution in [2.24, 2.45) is 5.84 Å². The molecule has 16 heavy (non-hydrogen) atoms. The fourth-order valence-corrected chi connectivity index (χ4v) is 2.58. The fourth-order valence-electron chi connectivity index (χ4n) is 1.53. The summed E-state index contributed by atoms with van der Waals surface area (Å²) in [7, 11) is 0. The van der Waals surface area contributed by atoms with Gasteiger partial charge < -0.3 is 0 Å². The Morgan fingerprint density at radius 1 is 1.44 bits per heavy atom. The van der Waals surface area contributed by atoms with E-state index in [1.54, 1.807) is 11.3 Å². The molecule has 5 heteroatoms. The number of hydrazine groups is 1. The maximum Gasteiger partial charge on any atom is 0.0795 e. The lowest BCUT2D eigenvalue weighted by Crippen LogP contribution is -2.29. The van der Waals surface area contributed by atoms with Crippen molar-refractivity contribution >= 4 is 27.3 Å². The van der Waals surface area contributed by atoms with Gasteiger partial charge in [-0.25, -0.2) is 4.98 Å². The Balaban J connectivity index is 2.17. The normalized spacial score (nSPS) is 12.6. The SMILES string of the molecule is NNC(Cc1ccccc1Br)c1cscn1. The second-order valence-corrected chi connectivity index (χ2v) is 5.00. The highest BCUT2D eigenvalue weighted by molar-refractivity contribution is 9.10.